The van der Waals surface area contributed by atoms with Crippen LogP contribution in [0.15, 0.2) is 42.5 Å². The zero-order valence-electron chi connectivity index (χ0n) is 11.2. The third-order valence-corrected chi connectivity index (χ3v) is 4.51. The Morgan fingerprint density at radius 2 is 2.00 bits per heavy atom. The van der Waals surface area contributed by atoms with Crippen molar-refractivity contribution in [1.29, 1.82) is 0 Å². The third-order valence-electron chi connectivity index (χ3n) is 3.23. The Labute approximate surface area is 127 Å². The second-order valence-electron chi connectivity index (χ2n) is 4.75. The number of fused-ring (bicyclic) bond motifs is 1. The van der Waals surface area contributed by atoms with Gasteiger partial charge in [0.1, 0.15) is 5.01 Å². The highest BCUT2D eigenvalue weighted by atomic mass is 35.5. The van der Waals surface area contributed by atoms with Crippen molar-refractivity contribution in [2.45, 2.75) is 20.0 Å². The number of halogens is 1. The molecule has 0 radical (unpaired) electrons. The van der Waals surface area contributed by atoms with Crippen molar-refractivity contribution in [3.63, 3.8) is 0 Å². The number of rotatable bonds is 4. The second kappa shape index (κ2) is 5.92. The topological polar surface area (TPSA) is 24.9 Å². The Balaban J connectivity index is 1.64. The van der Waals surface area contributed by atoms with Gasteiger partial charge in [-0.1, -0.05) is 29.8 Å². The number of benzene rings is 2. The predicted molar refractivity (Wildman–Crippen MR) is 86.4 cm³/mol. The smallest absolute Gasteiger partial charge is 0.108 e. The third kappa shape index (κ3) is 3.01. The highest BCUT2D eigenvalue weighted by molar-refractivity contribution is 7.18. The average molecular weight is 303 g/mol. The summed E-state index contributed by atoms with van der Waals surface area (Å²) in [6.45, 7) is 3.71. The predicted octanol–water partition coefficient (Wildman–Crippen LogP) is 4.55. The number of aryl methyl sites for hydroxylation is 1. The first-order chi connectivity index (χ1) is 9.72. The SMILES string of the molecule is Cc1cc(Cl)ccc1CNCc1nc2ccccc2s1. The van der Waals surface area contributed by atoms with E-state index in [0.29, 0.717) is 0 Å². The maximum Gasteiger partial charge on any atom is 0.108 e. The molecule has 4 heteroatoms. The standard InChI is InChI=1S/C16H15ClN2S/c1-11-8-13(17)7-6-12(11)9-18-10-16-19-14-4-2-3-5-15(14)20-16/h2-8,18H,9-10H2,1H3. The molecule has 2 aromatic carbocycles. The van der Waals surface area contributed by atoms with E-state index in [9.17, 15) is 0 Å². The van der Waals surface area contributed by atoms with Crippen molar-refractivity contribution in [2.75, 3.05) is 0 Å². The zero-order valence-corrected chi connectivity index (χ0v) is 12.8. The molecule has 0 aliphatic carbocycles. The molecule has 0 atom stereocenters. The van der Waals surface area contributed by atoms with Gasteiger partial charge in [-0.15, -0.1) is 11.3 Å². The quantitative estimate of drug-likeness (QED) is 0.765. The van der Waals surface area contributed by atoms with Gasteiger partial charge in [0.15, 0.2) is 0 Å². The zero-order chi connectivity index (χ0) is 13.9. The van der Waals surface area contributed by atoms with Gasteiger partial charge in [-0.2, -0.15) is 0 Å². The van der Waals surface area contributed by atoms with Crippen LogP contribution in [0.5, 0.6) is 0 Å². The summed E-state index contributed by atoms with van der Waals surface area (Å²) in [5, 5.41) is 5.36. The maximum absolute atomic E-state index is 5.96. The minimum Gasteiger partial charge on any atom is -0.306 e. The lowest BCUT2D eigenvalue weighted by Gasteiger charge is -2.06. The highest BCUT2D eigenvalue weighted by Gasteiger charge is 2.03. The minimum atomic E-state index is 0.789. The van der Waals surface area contributed by atoms with Gasteiger partial charge in [0.05, 0.1) is 10.2 Å². The van der Waals surface area contributed by atoms with Crippen LogP contribution in [0.1, 0.15) is 16.1 Å². The fourth-order valence-electron chi connectivity index (χ4n) is 2.16. The lowest BCUT2D eigenvalue weighted by molar-refractivity contribution is 0.688. The number of nitrogens with one attached hydrogen (secondary N) is 1. The van der Waals surface area contributed by atoms with Gasteiger partial charge in [-0.25, -0.2) is 4.98 Å². The summed E-state index contributed by atoms with van der Waals surface area (Å²) in [6, 6.07) is 14.2. The fourth-order valence-corrected chi connectivity index (χ4v) is 3.32. The van der Waals surface area contributed by atoms with E-state index in [-0.39, 0.29) is 0 Å². The number of hydrogen-bond donors (Lipinski definition) is 1. The molecule has 2 nitrogen and oxygen atoms in total. The number of thiazole rings is 1. The molecule has 20 heavy (non-hydrogen) atoms. The van der Waals surface area contributed by atoms with Crippen molar-refractivity contribution < 1.29 is 0 Å². The molecule has 102 valence electrons. The maximum atomic E-state index is 5.96. The molecule has 0 fully saturated rings. The van der Waals surface area contributed by atoms with Gasteiger partial charge in [-0.05, 0) is 42.3 Å². The van der Waals surface area contributed by atoms with E-state index in [2.05, 4.69) is 41.5 Å². The Morgan fingerprint density at radius 3 is 2.80 bits per heavy atom. The molecule has 3 aromatic rings. The number of hydrogen-bond acceptors (Lipinski definition) is 3. The van der Waals surface area contributed by atoms with Gasteiger partial charge in [-0.3, -0.25) is 0 Å². The van der Waals surface area contributed by atoms with Crippen LogP contribution in [0.3, 0.4) is 0 Å². The first-order valence-electron chi connectivity index (χ1n) is 6.52. The van der Waals surface area contributed by atoms with Crippen LogP contribution < -0.4 is 5.32 Å². The van der Waals surface area contributed by atoms with E-state index < -0.39 is 0 Å². The van der Waals surface area contributed by atoms with E-state index in [1.807, 2.05) is 18.2 Å². The van der Waals surface area contributed by atoms with Gasteiger partial charge >= 0.3 is 0 Å². The number of nitrogens with zero attached hydrogens (tertiary/aromatic N) is 1. The monoisotopic (exact) mass is 302 g/mol. The molecule has 0 bridgehead atoms. The Bertz CT molecular complexity index is 703. The molecule has 0 unspecified atom stereocenters. The van der Waals surface area contributed by atoms with Crippen LogP contribution in [0.4, 0.5) is 0 Å². The van der Waals surface area contributed by atoms with Crippen LogP contribution in [0.2, 0.25) is 5.02 Å². The summed E-state index contributed by atoms with van der Waals surface area (Å²) in [4.78, 5) is 4.62. The van der Waals surface area contributed by atoms with Gasteiger partial charge < -0.3 is 5.32 Å². The molecule has 1 aromatic heterocycles. The first-order valence-corrected chi connectivity index (χ1v) is 7.72. The highest BCUT2D eigenvalue weighted by Crippen LogP contribution is 2.21. The number of aromatic nitrogens is 1. The van der Waals surface area contributed by atoms with Gasteiger partial charge in [0.2, 0.25) is 0 Å². The van der Waals surface area contributed by atoms with Gasteiger partial charge in [0, 0.05) is 18.1 Å². The summed E-state index contributed by atoms with van der Waals surface area (Å²) in [6.07, 6.45) is 0. The molecule has 0 aliphatic rings. The number of para-hydroxylation sites is 1. The van der Waals surface area contributed by atoms with E-state index in [4.69, 9.17) is 11.6 Å². The Hall–Kier alpha value is -1.42. The molecule has 0 amide bonds. The lowest BCUT2D eigenvalue weighted by atomic mass is 10.1. The summed E-state index contributed by atoms with van der Waals surface area (Å²) in [7, 11) is 0. The first kappa shape index (κ1) is 13.6. The molecule has 0 saturated heterocycles. The van der Waals surface area contributed by atoms with Crippen LogP contribution in [0.25, 0.3) is 10.2 Å². The summed E-state index contributed by atoms with van der Waals surface area (Å²) in [5.41, 5.74) is 3.57. The minimum absolute atomic E-state index is 0.789. The molecule has 0 spiro atoms. The largest absolute Gasteiger partial charge is 0.306 e. The van der Waals surface area contributed by atoms with E-state index >= 15 is 0 Å². The van der Waals surface area contributed by atoms with Crippen molar-refractivity contribution in [2.24, 2.45) is 0 Å². The van der Waals surface area contributed by atoms with E-state index in [1.165, 1.54) is 15.8 Å². The molecule has 3 rings (SSSR count). The van der Waals surface area contributed by atoms with Crippen LogP contribution in [0, 0.1) is 6.92 Å². The molecule has 1 N–H and O–H groups in total. The van der Waals surface area contributed by atoms with Crippen LogP contribution >= 0.6 is 22.9 Å². The second-order valence-corrected chi connectivity index (χ2v) is 6.30. The average Bonchev–Trinajstić information content (AvgIpc) is 2.84. The fraction of sp³-hybridized carbons (Fsp3) is 0.188. The Kier molecular flexibility index (Phi) is 4.01. The molecular weight excluding hydrogens is 288 g/mol. The normalized spacial score (nSPS) is 11.1. The molecular formula is C16H15ClN2S. The lowest BCUT2D eigenvalue weighted by Crippen LogP contribution is -2.13. The molecule has 0 aliphatic heterocycles. The van der Waals surface area contributed by atoms with Crippen molar-refractivity contribution in [3.05, 3.63) is 63.6 Å². The van der Waals surface area contributed by atoms with Gasteiger partial charge in [0.25, 0.3) is 0 Å². The molecule has 1 heterocycles. The van der Waals surface area contributed by atoms with Crippen molar-refractivity contribution in [1.82, 2.24) is 10.3 Å². The van der Waals surface area contributed by atoms with E-state index in [1.54, 1.807) is 11.3 Å². The van der Waals surface area contributed by atoms with Crippen LogP contribution in [-0.2, 0) is 13.1 Å². The summed E-state index contributed by atoms with van der Waals surface area (Å²) < 4.78 is 1.24. The Morgan fingerprint density at radius 1 is 1.15 bits per heavy atom. The van der Waals surface area contributed by atoms with Crippen molar-refractivity contribution in [3.8, 4) is 0 Å². The van der Waals surface area contributed by atoms with Crippen molar-refractivity contribution >= 4 is 33.2 Å². The molecule has 0 saturated carbocycles. The summed E-state index contributed by atoms with van der Waals surface area (Å²) in [5.74, 6) is 0. The van der Waals surface area contributed by atoms with Crippen LogP contribution in [-0.4, -0.2) is 4.98 Å². The van der Waals surface area contributed by atoms with E-state index in [0.717, 1.165) is 28.6 Å². The summed E-state index contributed by atoms with van der Waals surface area (Å²) >= 11 is 7.71.